The number of phenolic OH excluding ortho intramolecular Hbond substituents is 1. The van der Waals surface area contributed by atoms with Crippen LogP contribution >= 0.6 is 0 Å². The average Bonchev–Trinajstić information content (AvgIpc) is 2.64. The van der Waals surface area contributed by atoms with Gasteiger partial charge in [0.05, 0.1) is 0 Å². The van der Waals surface area contributed by atoms with Crippen LogP contribution in [0.1, 0.15) is 71.6 Å². The maximum absolute atomic E-state index is 12.5. The number of benzene rings is 2. The molecule has 31 heavy (non-hydrogen) atoms. The fraction of sp³-hybridized carbons (Fsp3) is 0.462. The Bertz CT molecular complexity index is 896. The lowest BCUT2D eigenvalue weighted by Gasteiger charge is -2.28. The van der Waals surface area contributed by atoms with Gasteiger partial charge >= 0.3 is 0 Å². The van der Waals surface area contributed by atoms with Gasteiger partial charge in [0.1, 0.15) is 18.1 Å². The third-order valence-corrected chi connectivity index (χ3v) is 5.01. The minimum absolute atomic E-state index is 0.0332. The highest BCUT2D eigenvalue weighted by Crippen LogP contribution is 2.40. The molecule has 0 atom stereocenters. The lowest BCUT2D eigenvalue weighted by atomic mass is 9.78. The van der Waals surface area contributed by atoms with Gasteiger partial charge in [0.15, 0.2) is 5.78 Å². The van der Waals surface area contributed by atoms with E-state index in [2.05, 4.69) is 46.9 Å². The predicted molar refractivity (Wildman–Crippen MR) is 125 cm³/mol. The quantitative estimate of drug-likeness (QED) is 0.612. The first-order valence-corrected chi connectivity index (χ1v) is 10.7. The number of carbonyl (C=O) groups excluding carboxylic acids is 2. The van der Waals surface area contributed by atoms with Crippen molar-refractivity contribution in [3.63, 3.8) is 0 Å². The first-order chi connectivity index (χ1) is 14.3. The number of hydrogen-bond acceptors (Lipinski definition) is 4. The van der Waals surface area contributed by atoms with Gasteiger partial charge in [-0.25, -0.2) is 0 Å². The zero-order valence-corrected chi connectivity index (χ0v) is 19.8. The smallest absolute Gasteiger partial charge is 0.224 e. The second-order valence-electron chi connectivity index (χ2n) is 10.1. The second-order valence-corrected chi connectivity index (χ2v) is 10.1. The number of rotatable bonds is 7. The molecule has 168 valence electrons. The van der Waals surface area contributed by atoms with Crippen molar-refractivity contribution in [1.82, 2.24) is 0 Å². The summed E-state index contributed by atoms with van der Waals surface area (Å²) in [7, 11) is 0. The first-order valence-electron chi connectivity index (χ1n) is 10.7. The van der Waals surface area contributed by atoms with Crippen LogP contribution in [-0.4, -0.2) is 23.4 Å². The fourth-order valence-electron chi connectivity index (χ4n) is 3.28. The molecule has 0 spiro atoms. The van der Waals surface area contributed by atoms with E-state index in [1.165, 1.54) is 6.92 Å². The fourth-order valence-corrected chi connectivity index (χ4v) is 3.28. The van der Waals surface area contributed by atoms with Crippen LogP contribution in [-0.2, 0) is 26.8 Å². The van der Waals surface area contributed by atoms with Gasteiger partial charge in [0, 0.05) is 12.1 Å². The van der Waals surface area contributed by atoms with Crippen molar-refractivity contribution >= 4 is 17.4 Å². The van der Waals surface area contributed by atoms with Crippen molar-refractivity contribution in [2.24, 2.45) is 0 Å². The molecule has 0 unspecified atom stereocenters. The van der Waals surface area contributed by atoms with Gasteiger partial charge in [-0.05, 0) is 65.1 Å². The van der Waals surface area contributed by atoms with Gasteiger partial charge in [0.2, 0.25) is 5.91 Å². The van der Waals surface area contributed by atoms with Crippen LogP contribution in [0.3, 0.4) is 0 Å². The number of aryl methyl sites for hydroxylation is 1. The van der Waals surface area contributed by atoms with Gasteiger partial charge in [0.25, 0.3) is 0 Å². The van der Waals surface area contributed by atoms with Crippen molar-refractivity contribution in [3.8, 4) is 11.5 Å². The molecule has 0 aromatic heterocycles. The van der Waals surface area contributed by atoms with Gasteiger partial charge in [-0.15, -0.1) is 0 Å². The number of Topliss-reactive ketones (excluding diaryl/α,β-unsaturated/α-hetero) is 1. The molecule has 2 aromatic rings. The average molecular weight is 426 g/mol. The summed E-state index contributed by atoms with van der Waals surface area (Å²) < 4.78 is 5.34. The molecule has 2 N–H and O–H groups in total. The summed E-state index contributed by atoms with van der Waals surface area (Å²) in [5, 5.41) is 13.7. The molecule has 5 heteroatoms. The number of carbonyl (C=O) groups is 2. The van der Waals surface area contributed by atoms with Gasteiger partial charge in [-0.2, -0.15) is 0 Å². The Labute approximate surface area is 185 Å². The van der Waals surface area contributed by atoms with Crippen LogP contribution in [0, 0.1) is 0 Å². The van der Waals surface area contributed by atoms with Crippen molar-refractivity contribution in [3.05, 3.63) is 53.1 Å². The molecule has 0 heterocycles. The van der Waals surface area contributed by atoms with E-state index in [0.29, 0.717) is 30.0 Å². The van der Waals surface area contributed by atoms with Crippen molar-refractivity contribution in [2.75, 3.05) is 11.9 Å². The number of hydrogen-bond donors (Lipinski definition) is 2. The van der Waals surface area contributed by atoms with E-state index in [0.717, 1.165) is 16.7 Å². The lowest BCUT2D eigenvalue weighted by Crippen LogP contribution is -2.18. The van der Waals surface area contributed by atoms with Gasteiger partial charge < -0.3 is 15.2 Å². The maximum atomic E-state index is 12.5. The zero-order valence-electron chi connectivity index (χ0n) is 19.8. The van der Waals surface area contributed by atoms with E-state index in [-0.39, 0.29) is 29.1 Å². The third-order valence-electron chi connectivity index (χ3n) is 5.01. The molecule has 0 radical (unpaired) electrons. The van der Waals surface area contributed by atoms with Crippen molar-refractivity contribution in [1.29, 1.82) is 0 Å². The van der Waals surface area contributed by atoms with Crippen LogP contribution in [0.4, 0.5) is 5.69 Å². The Kier molecular flexibility index (Phi) is 7.53. The summed E-state index contributed by atoms with van der Waals surface area (Å²) in [6.45, 7) is 14.0. The molecular weight excluding hydrogens is 390 g/mol. The number of anilines is 1. The minimum atomic E-state index is -0.200. The summed E-state index contributed by atoms with van der Waals surface area (Å²) in [5.74, 6) is 0.804. The maximum Gasteiger partial charge on any atom is 0.224 e. The van der Waals surface area contributed by atoms with E-state index >= 15 is 0 Å². The molecule has 0 fully saturated rings. The first kappa shape index (κ1) is 24.4. The minimum Gasteiger partial charge on any atom is -0.507 e. The highest BCUT2D eigenvalue weighted by atomic mass is 16.5. The topological polar surface area (TPSA) is 75.6 Å². The number of nitrogens with one attached hydrogen (secondary N) is 1. The molecule has 0 bridgehead atoms. The Morgan fingerprint density at radius 3 is 1.90 bits per heavy atom. The normalized spacial score (nSPS) is 11.8. The summed E-state index contributed by atoms with van der Waals surface area (Å²) in [6.07, 6.45) is 0.915. The molecule has 0 aliphatic heterocycles. The molecule has 0 aliphatic carbocycles. The summed E-state index contributed by atoms with van der Waals surface area (Å²) in [6, 6.07) is 11.0. The summed E-state index contributed by atoms with van der Waals surface area (Å²) in [4.78, 5) is 23.5. The van der Waals surface area contributed by atoms with E-state index < -0.39 is 0 Å². The predicted octanol–water partition coefficient (Wildman–Crippen LogP) is 5.53. The number of amides is 1. The monoisotopic (exact) mass is 425 g/mol. The number of ketones is 1. The lowest BCUT2D eigenvalue weighted by molar-refractivity contribution is -0.119. The molecule has 0 saturated carbocycles. The Morgan fingerprint density at radius 1 is 0.935 bits per heavy atom. The second kappa shape index (κ2) is 9.54. The van der Waals surface area contributed by atoms with Gasteiger partial charge in [-0.1, -0.05) is 53.7 Å². The Balaban J connectivity index is 2.08. The van der Waals surface area contributed by atoms with E-state index in [1.54, 1.807) is 24.3 Å². The molecular formula is C26H35NO4. The highest BCUT2D eigenvalue weighted by Gasteiger charge is 2.26. The number of aromatic hydroxyl groups is 1. The van der Waals surface area contributed by atoms with Crippen LogP contribution in [0.5, 0.6) is 11.5 Å². The van der Waals surface area contributed by atoms with Crippen LogP contribution in [0.25, 0.3) is 0 Å². The molecule has 0 aliphatic rings. The Hall–Kier alpha value is -2.82. The zero-order chi connectivity index (χ0) is 23.4. The van der Waals surface area contributed by atoms with Crippen LogP contribution in [0.15, 0.2) is 36.4 Å². The largest absolute Gasteiger partial charge is 0.507 e. The summed E-state index contributed by atoms with van der Waals surface area (Å²) in [5.41, 5.74) is 3.11. The van der Waals surface area contributed by atoms with E-state index in [9.17, 15) is 14.7 Å². The van der Waals surface area contributed by atoms with Crippen LogP contribution < -0.4 is 10.1 Å². The third kappa shape index (κ3) is 7.12. The molecule has 2 rings (SSSR count). The number of ether oxygens (including phenoxy) is 1. The standard InChI is InChI=1S/C26H35NO4/c1-17(28)16-31-20-11-9-19(10-12-20)27-23(29)13-8-18-14-21(25(2,3)4)24(30)22(15-18)26(5,6)7/h9-12,14-15,30H,8,13,16H2,1-7H3,(H,27,29). The Morgan fingerprint density at radius 2 is 1.45 bits per heavy atom. The number of phenols is 1. The molecule has 2 aromatic carbocycles. The molecule has 1 amide bonds. The SMILES string of the molecule is CC(=O)COc1ccc(NC(=O)CCc2cc(C(C)(C)C)c(O)c(C(C)(C)C)c2)cc1. The van der Waals surface area contributed by atoms with Crippen LogP contribution in [0.2, 0.25) is 0 Å². The van der Waals surface area contributed by atoms with E-state index in [4.69, 9.17) is 4.74 Å². The van der Waals surface area contributed by atoms with Crippen molar-refractivity contribution < 1.29 is 19.4 Å². The molecule has 5 nitrogen and oxygen atoms in total. The highest BCUT2D eigenvalue weighted by molar-refractivity contribution is 5.90. The van der Waals surface area contributed by atoms with Gasteiger partial charge in [-0.3, -0.25) is 9.59 Å². The van der Waals surface area contributed by atoms with Crippen molar-refractivity contribution in [2.45, 2.75) is 72.1 Å². The molecule has 0 saturated heterocycles. The summed E-state index contributed by atoms with van der Waals surface area (Å²) >= 11 is 0. The van der Waals surface area contributed by atoms with E-state index in [1.807, 2.05) is 12.1 Å².